The Morgan fingerprint density at radius 3 is 2.71 bits per heavy atom. The third kappa shape index (κ3) is 4.60. The predicted molar refractivity (Wildman–Crippen MR) is 120 cm³/mol. The maximum Gasteiger partial charge on any atom is 0.269 e. The second kappa shape index (κ2) is 9.11. The van der Waals surface area contributed by atoms with Gasteiger partial charge in [0.2, 0.25) is 0 Å². The van der Waals surface area contributed by atoms with Gasteiger partial charge in [0.25, 0.3) is 11.8 Å². The lowest BCUT2D eigenvalue weighted by Crippen LogP contribution is -2.46. The van der Waals surface area contributed by atoms with E-state index in [0.717, 1.165) is 55.4 Å². The van der Waals surface area contributed by atoms with Crippen LogP contribution in [0.25, 0.3) is 0 Å². The maximum atomic E-state index is 12.1. The molecule has 31 heavy (non-hydrogen) atoms. The van der Waals surface area contributed by atoms with Gasteiger partial charge in [-0.15, -0.1) is 0 Å². The number of nitrogens with one attached hydrogen (secondary N) is 2. The van der Waals surface area contributed by atoms with Crippen molar-refractivity contribution in [1.29, 1.82) is 0 Å². The van der Waals surface area contributed by atoms with Crippen molar-refractivity contribution in [3.63, 3.8) is 0 Å². The topological polar surface area (TPSA) is 86.8 Å². The van der Waals surface area contributed by atoms with E-state index in [1.165, 1.54) is 0 Å². The molecule has 2 amide bonds. The van der Waals surface area contributed by atoms with Gasteiger partial charge in [-0.1, -0.05) is 24.6 Å². The van der Waals surface area contributed by atoms with Crippen LogP contribution in [0, 0.1) is 0 Å². The van der Waals surface area contributed by atoms with Crippen LogP contribution in [0.3, 0.4) is 0 Å². The van der Waals surface area contributed by atoms with Crippen molar-refractivity contribution in [1.82, 2.24) is 15.2 Å². The number of nitrogens with zero attached hydrogens (tertiary/aromatic N) is 3. The van der Waals surface area contributed by atoms with E-state index in [4.69, 9.17) is 16.3 Å². The predicted octanol–water partition coefficient (Wildman–Crippen LogP) is 2.53. The molecule has 2 aliphatic heterocycles. The van der Waals surface area contributed by atoms with Crippen molar-refractivity contribution in [3.05, 3.63) is 46.7 Å². The minimum absolute atomic E-state index is 0.0892. The molecular formula is C22H26ClN5O3. The average molecular weight is 444 g/mol. The van der Waals surface area contributed by atoms with Crippen LogP contribution in [-0.4, -0.2) is 61.0 Å². The number of hydrogen-bond donors (Lipinski definition) is 2. The van der Waals surface area contributed by atoms with Crippen LogP contribution in [0.15, 0.2) is 30.3 Å². The zero-order chi connectivity index (χ0) is 22.0. The molecule has 2 aliphatic rings. The molecule has 1 saturated heterocycles. The fourth-order valence-electron chi connectivity index (χ4n) is 3.89. The highest BCUT2D eigenvalue weighted by molar-refractivity contribution is 6.32. The van der Waals surface area contributed by atoms with Gasteiger partial charge >= 0.3 is 0 Å². The standard InChI is InChI=1S/C22H26ClN5O3/c1-3-18-22(30)26-16-12-14(4-7-19(16)31-18)13-27-8-10-28(11-9-27)17-6-5-15(21(29)24-2)25-20(17)23/h4-7,12,18H,3,8-11,13H2,1-2H3,(H,24,29)(H,26,30). The van der Waals surface area contributed by atoms with Crippen LogP contribution in [0.1, 0.15) is 29.4 Å². The number of benzene rings is 1. The molecule has 9 heteroatoms. The van der Waals surface area contributed by atoms with Crippen molar-refractivity contribution >= 4 is 34.8 Å². The molecule has 1 aromatic heterocycles. The number of hydrogen-bond acceptors (Lipinski definition) is 6. The maximum absolute atomic E-state index is 12.1. The number of halogens is 1. The molecule has 1 aromatic carbocycles. The summed E-state index contributed by atoms with van der Waals surface area (Å²) in [6.45, 7) is 6.07. The monoisotopic (exact) mass is 443 g/mol. The first-order valence-corrected chi connectivity index (χ1v) is 10.8. The minimum atomic E-state index is -0.418. The van der Waals surface area contributed by atoms with E-state index in [9.17, 15) is 9.59 Å². The molecule has 1 fully saturated rings. The van der Waals surface area contributed by atoms with E-state index < -0.39 is 6.10 Å². The highest BCUT2D eigenvalue weighted by Crippen LogP contribution is 2.32. The first-order valence-electron chi connectivity index (χ1n) is 10.4. The third-order valence-corrected chi connectivity index (χ3v) is 5.92. The summed E-state index contributed by atoms with van der Waals surface area (Å²) in [6, 6.07) is 9.52. The summed E-state index contributed by atoms with van der Waals surface area (Å²) in [5, 5.41) is 5.84. The van der Waals surface area contributed by atoms with Gasteiger partial charge in [-0.05, 0) is 36.2 Å². The molecule has 2 N–H and O–H groups in total. The van der Waals surface area contributed by atoms with Crippen molar-refractivity contribution in [2.24, 2.45) is 0 Å². The van der Waals surface area contributed by atoms with E-state index in [0.29, 0.717) is 17.3 Å². The SMILES string of the molecule is CCC1Oc2ccc(CN3CCN(c4ccc(C(=O)NC)nc4Cl)CC3)cc2NC1=O. The number of carbonyl (C=O) groups excluding carboxylic acids is 2. The Hall–Kier alpha value is -2.84. The Morgan fingerprint density at radius 2 is 2.03 bits per heavy atom. The number of aromatic nitrogens is 1. The molecular weight excluding hydrogens is 418 g/mol. The van der Waals surface area contributed by atoms with E-state index in [1.54, 1.807) is 13.1 Å². The highest BCUT2D eigenvalue weighted by atomic mass is 35.5. The smallest absolute Gasteiger partial charge is 0.269 e. The number of anilines is 2. The highest BCUT2D eigenvalue weighted by Gasteiger charge is 2.26. The molecule has 3 heterocycles. The van der Waals surface area contributed by atoms with Gasteiger partial charge in [0.1, 0.15) is 11.4 Å². The largest absolute Gasteiger partial charge is 0.478 e. The Labute approximate surface area is 186 Å². The van der Waals surface area contributed by atoms with Gasteiger partial charge in [0, 0.05) is 39.8 Å². The normalized spacial score (nSPS) is 18.7. The average Bonchev–Trinajstić information content (AvgIpc) is 2.78. The summed E-state index contributed by atoms with van der Waals surface area (Å²) in [5.74, 6) is 0.381. The number of piperazine rings is 1. The lowest BCUT2D eigenvalue weighted by molar-refractivity contribution is -0.123. The Kier molecular flexibility index (Phi) is 6.29. The molecule has 0 aliphatic carbocycles. The van der Waals surface area contributed by atoms with Gasteiger partial charge in [-0.3, -0.25) is 14.5 Å². The molecule has 0 saturated carbocycles. The molecule has 2 aromatic rings. The quantitative estimate of drug-likeness (QED) is 0.690. The zero-order valence-electron chi connectivity index (χ0n) is 17.7. The molecule has 0 radical (unpaired) electrons. The fraction of sp³-hybridized carbons (Fsp3) is 0.409. The molecule has 164 valence electrons. The van der Waals surface area contributed by atoms with Crippen LogP contribution in [0.5, 0.6) is 5.75 Å². The fourth-order valence-corrected chi connectivity index (χ4v) is 4.16. The molecule has 1 atom stereocenters. The van der Waals surface area contributed by atoms with Crippen molar-refractivity contribution in [2.75, 3.05) is 43.4 Å². The lowest BCUT2D eigenvalue weighted by Gasteiger charge is -2.36. The summed E-state index contributed by atoms with van der Waals surface area (Å²) in [6.07, 6.45) is 0.226. The van der Waals surface area contributed by atoms with Crippen molar-refractivity contribution in [3.8, 4) is 5.75 Å². The summed E-state index contributed by atoms with van der Waals surface area (Å²) in [5.41, 5.74) is 3.01. The van der Waals surface area contributed by atoms with Crippen LogP contribution in [0.4, 0.5) is 11.4 Å². The van der Waals surface area contributed by atoms with E-state index in [-0.39, 0.29) is 11.8 Å². The van der Waals surface area contributed by atoms with Crippen LogP contribution < -0.4 is 20.3 Å². The van der Waals surface area contributed by atoms with Gasteiger partial charge in [0.05, 0.1) is 11.4 Å². The number of amides is 2. The first-order chi connectivity index (χ1) is 15.0. The zero-order valence-corrected chi connectivity index (χ0v) is 18.4. The van der Waals surface area contributed by atoms with E-state index in [2.05, 4.69) is 25.4 Å². The summed E-state index contributed by atoms with van der Waals surface area (Å²) in [7, 11) is 1.57. The summed E-state index contributed by atoms with van der Waals surface area (Å²) in [4.78, 5) is 32.6. The molecule has 0 spiro atoms. The second-order valence-electron chi connectivity index (χ2n) is 7.68. The van der Waals surface area contributed by atoms with Gasteiger partial charge in [-0.2, -0.15) is 0 Å². The summed E-state index contributed by atoms with van der Waals surface area (Å²) >= 11 is 6.34. The van der Waals surface area contributed by atoms with Gasteiger partial charge < -0.3 is 20.3 Å². The van der Waals surface area contributed by atoms with Crippen LogP contribution in [0.2, 0.25) is 5.15 Å². The van der Waals surface area contributed by atoms with Gasteiger partial charge in [0.15, 0.2) is 11.3 Å². The minimum Gasteiger partial charge on any atom is -0.478 e. The second-order valence-corrected chi connectivity index (χ2v) is 8.04. The molecule has 0 bridgehead atoms. The van der Waals surface area contributed by atoms with Crippen LogP contribution in [-0.2, 0) is 11.3 Å². The molecule has 1 unspecified atom stereocenters. The van der Waals surface area contributed by atoms with E-state index in [1.807, 2.05) is 31.2 Å². The van der Waals surface area contributed by atoms with Crippen molar-refractivity contribution in [2.45, 2.75) is 26.0 Å². The Morgan fingerprint density at radius 1 is 1.26 bits per heavy atom. The Balaban J connectivity index is 1.36. The number of rotatable bonds is 5. The molecule has 8 nitrogen and oxygen atoms in total. The molecule has 4 rings (SSSR count). The number of pyridine rings is 1. The van der Waals surface area contributed by atoms with E-state index >= 15 is 0 Å². The number of carbonyl (C=O) groups is 2. The summed E-state index contributed by atoms with van der Waals surface area (Å²) < 4.78 is 5.77. The third-order valence-electron chi connectivity index (χ3n) is 5.64. The van der Waals surface area contributed by atoms with Gasteiger partial charge in [-0.25, -0.2) is 4.98 Å². The Bertz CT molecular complexity index is 991. The number of ether oxygens (including phenoxy) is 1. The van der Waals surface area contributed by atoms with Crippen molar-refractivity contribution < 1.29 is 14.3 Å². The first kappa shape index (κ1) is 21.4. The lowest BCUT2D eigenvalue weighted by atomic mass is 10.1. The van der Waals surface area contributed by atoms with Crippen LogP contribution >= 0.6 is 11.6 Å². The number of fused-ring (bicyclic) bond motifs is 1.